The maximum atomic E-state index is 12.3. The van der Waals surface area contributed by atoms with Crippen molar-refractivity contribution in [3.05, 3.63) is 26.6 Å². The van der Waals surface area contributed by atoms with Gasteiger partial charge in [0.05, 0.1) is 24.6 Å². The second kappa shape index (κ2) is 6.68. The number of aromatic nitrogens is 2. The zero-order valence-corrected chi connectivity index (χ0v) is 14.6. The van der Waals surface area contributed by atoms with Crippen molar-refractivity contribution in [3.63, 3.8) is 0 Å². The predicted octanol–water partition coefficient (Wildman–Crippen LogP) is 1.57. The van der Waals surface area contributed by atoms with Crippen molar-refractivity contribution in [2.75, 3.05) is 20.3 Å². The number of aromatic amines is 1. The van der Waals surface area contributed by atoms with Gasteiger partial charge in [0.25, 0.3) is 5.56 Å². The van der Waals surface area contributed by atoms with Crippen molar-refractivity contribution < 1.29 is 9.84 Å². The molecule has 126 valence electrons. The number of methoxy groups -OCH3 is 1. The monoisotopic (exact) mass is 337 g/mol. The number of rotatable bonds is 7. The summed E-state index contributed by atoms with van der Waals surface area (Å²) in [7, 11) is 1.58. The van der Waals surface area contributed by atoms with Crippen molar-refractivity contribution in [1.29, 1.82) is 0 Å². The SMILES string of the molecule is COCC(O)CN(Cc1nc2sc(C)c(C)c2c(=O)[nH]1)C1CC1. The molecule has 0 bridgehead atoms. The molecule has 0 aliphatic heterocycles. The van der Waals surface area contributed by atoms with Gasteiger partial charge in [-0.25, -0.2) is 4.98 Å². The molecule has 1 atom stereocenters. The highest BCUT2D eigenvalue weighted by Crippen LogP contribution is 2.29. The smallest absolute Gasteiger partial charge is 0.259 e. The number of hydrogen-bond donors (Lipinski definition) is 2. The minimum absolute atomic E-state index is 0.0694. The number of thiophene rings is 1. The van der Waals surface area contributed by atoms with Crippen LogP contribution in [0.25, 0.3) is 10.2 Å². The lowest BCUT2D eigenvalue weighted by Gasteiger charge is -2.24. The van der Waals surface area contributed by atoms with E-state index in [2.05, 4.69) is 14.9 Å². The molecule has 2 aromatic rings. The molecular weight excluding hydrogens is 314 g/mol. The molecule has 1 unspecified atom stereocenters. The summed E-state index contributed by atoms with van der Waals surface area (Å²) in [6.07, 6.45) is 1.73. The van der Waals surface area contributed by atoms with Gasteiger partial charge in [0.2, 0.25) is 0 Å². The van der Waals surface area contributed by atoms with E-state index >= 15 is 0 Å². The second-order valence-electron chi connectivity index (χ2n) is 6.25. The highest BCUT2D eigenvalue weighted by Gasteiger charge is 2.31. The van der Waals surface area contributed by atoms with Crippen LogP contribution in [-0.2, 0) is 11.3 Å². The number of nitrogens with one attached hydrogen (secondary N) is 1. The number of aryl methyl sites for hydroxylation is 2. The van der Waals surface area contributed by atoms with Gasteiger partial charge in [-0.3, -0.25) is 9.69 Å². The quantitative estimate of drug-likeness (QED) is 0.802. The van der Waals surface area contributed by atoms with E-state index in [1.54, 1.807) is 18.4 Å². The number of nitrogens with zero attached hydrogens (tertiary/aromatic N) is 2. The van der Waals surface area contributed by atoms with E-state index in [4.69, 9.17) is 4.74 Å². The number of H-pyrrole nitrogens is 1. The van der Waals surface area contributed by atoms with Crippen molar-refractivity contribution >= 4 is 21.6 Å². The molecule has 0 amide bonds. The summed E-state index contributed by atoms with van der Waals surface area (Å²) in [4.78, 5) is 24.0. The minimum atomic E-state index is -0.526. The molecule has 2 aromatic heterocycles. The summed E-state index contributed by atoms with van der Waals surface area (Å²) in [5.74, 6) is 0.667. The highest BCUT2D eigenvalue weighted by molar-refractivity contribution is 7.18. The molecule has 1 aliphatic rings. The Labute approximate surface area is 139 Å². The van der Waals surface area contributed by atoms with Crippen LogP contribution in [0, 0.1) is 13.8 Å². The van der Waals surface area contributed by atoms with Crippen molar-refractivity contribution in [1.82, 2.24) is 14.9 Å². The topological polar surface area (TPSA) is 78.5 Å². The lowest BCUT2D eigenvalue weighted by Crippen LogP contribution is -2.36. The van der Waals surface area contributed by atoms with E-state index in [-0.39, 0.29) is 5.56 Å². The van der Waals surface area contributed by atoms with Gasteiger partial charge in [-0.05, 0) is 32.3 Å². The normalized spacial score (nSPS) is 16.4. The molecule has 1 fully saturated rings. The summed E-state index contributed by atoms with van der Waals surface area (Å²) < 4.78 is 5.00. The molecule has 0 saturated heterocycles. The Kier molecular flexibility index (Phi) is 4.82. The van der Waals surface area contributed by atoms with Crippen LogP contribution < -0.4 is 5.56 Å². The third-order valence-corrected chi connectivity index (χ3v) is 5.41. The summed E-state index contributed by atoms with van der Waals surface area (Å²) in [6, 6.07) is 0.467. The molecule has 1 aliphatic carbocycles. The maximum Gasteiger partial charge on any atom is 0.259 e. The maximum absolute atomic E-state index is 12.3. The fraction of sp³-hybridized carbons (Fsp3) is 0.625. The molecule has 7 heteroatoms. The van der Waals surface area contributed by atoms with Crippen LogP contribution in [-0.4, -0.2) is 52.4 Å². The highest BCUT2D eigenvalue weighted by atomic mass is 32.1. The Hall–Kier alpha value is -1.28. The van der Waals surface area contributed by atoms with Crippen LogP contribution in [0.5, 0.6) is 0 Å². The molecular formula is C16H23N3O3S. The summed E-state index contributed by atoms with van der Waals surface area (Å²) >= 11 is 1.56. The van der Waals surface area contributed by atoms with Crippen LogP contribution in [0.2, 0.25) is 0 Å². The van der Waals surface area contributed by atoms with E-state index in [0.717, 1.165) is 28.1 Å². The average Bonchev–Trinajstić information content (AvgIpc) is 3.26. The molecule has 2 heterocycles. The molecule has 0 spiro atoms. The molecule has 23 heavy (non-hydrogen) atoms. The van der Waals surface area contributed by atoms with Gasteiger partial charge >= 0.3 is 0 Å². The third kappa shape index (κ3) is 3.63. The van der Waals surface area contributed by atoms with Crippen molar-refractivity contribution in [2.24, 2.45) is 0 Å². The summed E-state index contributed by atoms with van der Waals surface area (Å²) in [5.41, 5.74) is 0.944. The number of aliphatic hydroxyl groups excluding tert-OH is 1. The van der Waals surface area contributed by atoms with E-state index in [1.807, 2.05) is 13.8 Å². The lowest BCUT2D eigenvalue weighted by atomic mass is 10.2. The fourth-order valence-corrected chi connectivity index (χ4v) is 3.91. The van der Waals surface area contributed by atoms with Gasteiger partial charge < -0.3 is 14.8 Å². The van der Waals surface area contributed by atoms with E-state index in [0.29, 0.717) is 36.9 Å². The second-order valence-corrected chi connectivity index (χ2v) is 7.45. The number of aliphatic hydroxyl groups is 1. The minimum Gasteiger partial charge on any atom is -0.389 e. The lowest BCUT2D eigenvalue weighted by molar-refractivity contribution is 0.0331. The number of ether oxygens (including phenoxy) is 1. The van der Waals surface area contributed by atoms with Crippen LogP contribution in [0.3, 0.4) is 0 Å². The summed E-state index contributed by atoms with van der Waals surface area (Å²) in [6.45, 7) is 5.37. The Bertz CT molecular complexity index is 751. The van der Waals surface area contributed by atoms with E-state index in [1.165, 1.54) is 0 Å². The number of hydrogen-bond acceptors (Lipinski definition) is 6. The molecule has 2 N–H and O–H groups in total. The first-order valence-corrected chi connectivity index (χ1v) is 8.71. The predicted molar refractivity (Wildman–Crippen MR) is 91.0 cm³/mol. The largest absolute Gasteiger partial charge is 0.389 e. The molecule has 3 rings (SSSR count). The summed E-state index contributed by atoms with van der Waals surface area (Å²) in [5, 5.41) is 10.7. The zero-order valence-electron chi connectivity index (χ0n) is 13.8. The molecule has 1 saturated carbocycles. The van der Waals surface area contributed by atoms with Crippen LogP contribution in [0.4, 0.5) is 0 Å². The molecule has 0 aromatic carbocycles. The van der Waals surface area contributed by atoms with Gasteiger partial charge in [-0.2, -0.15) is 0 Å². The Morgan fingerprint density at radius 1 is 1.48 bits per heavy atom. The van der Waals surface area contributed by atoms with Crippen LogP contribution in [0.15, 0.2) is 4.79 Å². The molecule has 6 nitrogen and oxygen atoms in total. The third-order valence-electron chi connectivity index (χ3n) is 4.31. The Morgan fingerprint density at radius 3 is 2.87 bits per heavy atom. The van der Waals surface area contributed by atoms with Crippen LogP contribution >= 0.6 is 11.3 Å². The Balaban J connectivity index is 1.83. The first kappa shape index (κ1) is 16.6. The zero-order chi connectivity index (χ0) is 16.6. The van der Waals surface area contributed by atoms with E-state index in [9.17, 15) is 9.90 Å². The average molecular weight is 337 g/mol. The fourth-order valence-electron chi connectivity index (χ4n) is 2.86. The number of fused-ring (bicyclic) bond motifs is 1. The van der Waals surface area contributed by atoms with Crippen molar-refractivity contribution in [3.8, 4) is 0 Å². The van der Waals surface area contributed by atoms with Gasteiger partial charge in [0.1, 0.15) is 10.7 Å². The van der Waals surface area contributed by atoms with Gasteiger partial charge in [-0.1, -0.05) is 0 Å². The molecule has 0 radical (unpaired) electrons. The van der Waals surface area contributed by atoms with Crippen LogP contribution in [0.1, 0.15) is 29.1 Å². The Morgan fingerprint density at radius 2 is 2.22 bits per heavy atom. The van der Waals surface area contributed by atoms with Gasteiger partial charge in [0.15, 0.2) is 0 Å². The van der Waals surface area contributed by atoms with E-state index < -0.39 is 6.10 Å². The first-order valence-electron chi connectivity index (χ1n) is 7.89. The van der Waals surface area contributed by atoms with Gasteiger partial charge in [0, 0.05) is 24.6 Å². The standard InChI is InChI=1S/C16H23N3O3S/c1-9-10(2)23-16-14(9)15(21)17-13(18-16)7-19(11-4-5-11)6-12(20)8-22-3/h11-12,20H,4-8H2,1-3H3,(H,17,18,21). The van der Waals surface area contributed by atoms with Crippen molar-refractivity contribution in [2.45, 2.75) is 45.4 Å². The van der Waals surface area contributed by atoms with Gasteiger partial charge in [-0.15, -0.1) is 11.3 Å². The first-order chi connectivity index (χ1) is 11.0.